The first kappa shape index (κ1) is 14.0. The van der Waals surface area contributed by atoms with E-state index in [4.69, 9.17) is 0 Å². The quantitative estimate of drug-likeness (QED) is 0.607. The topological polar surface area (TPSA) is 42.2 Å². The van der Waals surface area contributed by atoms with E-state index in [1.54, 1.807) is 11.5 Å². The van der Waals surface area contributed by atoms with Crippen LogP contribution in [0.25, 0.3) is 16.9 Å². The van der Waals surface area contributed by atoms with E-state index in [1.165, 1.54) is 10.4 Å². The van der Waals surface area contributed by atoms with Gasteiger partial charge in [-0.05, 0) is 48.3 Å². The maximum absolute atomic E-state index is 4.65. The molecule has 0 amide bonds. The molecule has 4 nitrogen and oxygen atoms in total. The molecule has 0 spiro atoms. The van der Waals surface area contributed by atoms with Crippen LogP contribution < -0.4 is 5.32 Å². The zero-order valence-electron chi connectivity index (χ0n) is 12.7. The van der Waals surface area contributed by atoms with E-state index in [0.29, 0.717) is 0 Å². The molecule has 0 aliphatic heterocycles. The van der Waals surface area contributed by atoms with Gasteiger partial charge in [0.1, 0.15) is 5.65 Å². The summed E-state index contributed by atoms with van der Waals surface area (Å²) in [7, 11) is 0. The normalized spacial score (nSPS) is 11.0. The van der Waals surface area contributed by atoms with E-state index in [2.05, 4.69) is 52.1 Å². The van der Waals surface area contributed by atoms with Gasteiger partial charge in [-0.25, -0.2) is 9.36 Å². The Kier molecular flexibility index (Phi) is 3.55. The van der Waals surface area contributed by atoms with Crippen LogP contribution in [0.2, 0.25) is 0 Å². The van der Waals surface area contributed by atoms with Crippen molar-refractivity contribution in [2.45, 2.75) is 13.5 Å². The van der Waals surface area contributed by atoms with Crippen molar-refractivity contribution in [3.63, 3.8) is 0 Å². The second-order valence-electron chi connectivity index (χ2n) is 5.46. The molecule has 1 aromatic carbocycles. The number of imidazole rings is 1. The lowest BCUT2D eigenvalue weighted by Crippen LogP contribution is -1.98. The highest BCUT2D eigenvalue weighted by molar-refractivity contribution is 7.05. The first-order valence-electron chi connectivity index (χ1n) is 7.48. The molecule has 4 aromatic rings. The number of rotatable bonds is 4. The van der Waals surface area contributed by atoms with Gasteiger partial charge in [0.15, 0.2) is 0 Å². The number of hydrogen-bond acceptors (Lipinski definition) is 4. The second kappa shape index (κ2) is 5.85. The third kappa shape index (κ3) is 2.83. The maximum atomic E-state index is 4.65. The van der Waals surface area contributed by atoms with Gasteiger partial charge in [-0.1, -0.05) is 18.2 Å². The molecule has 0 aliphatic carbocycles. The van der Waals surface area contributed by atoms with Gasteiger partial charge in [0.2, 0.25) is 0 Å². The molecule has 114 valence electrons. The summed E-state index contributed by atoms with van der Waals surface area (Å²) < 4.78 is 6.24. The molecular formula is C18H16N4S. The average molecular weight is 320 g/mol. The Morgan fingerprint density at radius 1 is 1.13 bits per heavy atom. The molecule has 5 heteroatoms. The van der Waals surface area contributed by atoms with Gasteiger partial charge in [-0.3, -0.25) is 0 Å². The predicted octanol–water partition coefficient (Wildman–Crippen LogP) is 4.38. The molecule has 0 bridgehead atoms. The minimum absolute atomic E-state index is 0.810. The van der Waals surface area contributed by atoms with Crippen molar-refractivity contribution in [2.24, 2.45) is 0 Å². The summed E-state index contributed by atoms with van der Waals surface area (Å²) in [4.78, 5) is 5.92. The maximum Gasteiger partial charge on any atom is 0.137 e. The van der Waals surface area contributed by atoms with Gasteiger partial charge >= 0.3 is 0 Å². The molecule has 0 aliphatic rings. The van der Waals surface area contributed by atoms with Crippen molar-refractivity contribution in [1.82, 2.24) is 13.8 Å². The van der Waals surface area contributed by atoms with Gasteiger partial charge in [0.05, 0.1) is 12.2 Å². The Morgan fingerprint density at radius 3 is 2.74 bits per heavy atom. The molecule has 0 fully saturated rings. The Balaban J connectivity index is 1.52. The van der Waals surface area contributed by atoms with E-state index >= 15 is 0 Å². The van der Waals surface area contributed by atoms with E-state index in [0.717, 1.165) is 29.1 Å². The fourth-order valence-electron chi connectivity index (χ4n) is 2.50. The molecule has 1 N–H and O–H groups in total. The van der Waals surface area contributed by atoms with Crippen LogP contribution in [0.3, 0.4) is 0 Å². The second-order valence-corrected chi connectivity index (χ2v) is 6.34. The summed E-state index contributed by atoms with van der Waals surface area (Å²) in [6.07, 6.45) is 5.98. The van der Waals surface area contributed by atoms with E-state index in [9.17, 15) is 0 Å². The molecule has 23 heavy (non-hydrogen) atoms. The van der Waals surface area contributed by atoms with E-state index in [1.807, 2.05) is 35.0 Å². The summed E-state index contributed by atoms with van der Waals surface area (Å²) in [5, 5.41) is 3.44. The van der Waals surface area contributed by atoms with Gasteiger partial charge in [0, 0.05) is 34.7 Å². The third-order valence-corrected chi connectivity index (χ3v) is 4.74. The van der Waals surface area contributed by atoms with E-state index in [-0.39, 0.29) is 0 Å². The van der Waals surface area contributed by atoms with Crippen LogP contribution >= 0.6 is 11.5 Å². The number of fused-ring (bicyclic) bond motifs is 1. The first-order chi connectivity index (χ1) is 11.3. The number of anilines is 1. The number of nitrogens with zero attached hydrogens (tertiary/aromatic N) is 3. The van der Waals surface area contributed by atoms with Crippen LogP contribution in [-0.4, -0.2) is 13.8 Å². The Morgan fingerprint density at radius 2 is 2.00 bits per heavy atom. The number of aromatic nitrogens is 3. The number of hydrogen-bond donors (Lipinski definition) is 1. The third-order valence-electron chi connectivity index (χ3n) is 3.85. The number of benzene rings is 1. The molecule has 4 rings (SSSR count). The molecule has 0 saturated carbocycles. The summed E-state index contributed by atoms with van der Waals surface area (Å²) in [5.41, 5.74) is 5.41. The summed E-state index contributed by atoms with van der Waals surface area (Å²) >= 11 is 1.55. The lowest BCUT2D eigenvalue weighted by atomic mass is 10.1. The SMILES string of the molecule is Cc1cnsc1CNc1ccc(-c2cn3ccccc3n2)cc1. The fraction of sp³-hybridized carbons (Fsp3) is 0.111. The zero-order valence-corrected chi connectivity index (χ0v) is 13.5. The van der Waals surface area contributed by atoms with Crippen molar-refractivity contribution in [3.8, 4) is 11.3 Å². The Bertz CT molecular complexity index is 904. The summed E-state index contributed by atoms with van der Waals surface area (Å²) in [6.45, 7) is 2.90. The van der Waals surface area contributed by atoms with Crippen LogP contribution in [0.15, 0.2) is 61.1 Å². The van der Waals surface area contributed by atoms with Gasteiger partial charge in [0.25, 0.3) is 0 Å². The molecule has 3 aromatic heterocycles. The highest BCUT2D eigenvalue weighted by Crippen LogP contribution is 2.22. The largest absolute Gasteiger partial charge is 0.380 e. The summed E-state index contributed by atoms with van der Waals surface area (Å²) in [5.74, 6) is 0. The van der Waals surface area contributed by atoms with Crippen molar-refractivity contribution >= 4 is 22.9 Å². The van der Waals surface area contributed by atoms with Gasteiger partial charge in [-0.2, -0.15) is 0 Å². The molecular weight excluding hydrogens is 304 g/mol. The minimum Gasteiger partial charge on any atom is -0.380 e. The lowest BCUT2D eigenvalue weighted by molar-refractivity contribution is 1.17. The van der Waals surface area contributed by atoms with Gasteiger partial charge in [-0.15, -0.1) is 0 Å². The predicted molar refractivity (Wildman–Crippen MR) is 94.8 cm³/mol. The molecule has 0 atom stereocenters. The smallest absolute Gasteiger partial charge is 0.137 e. The molecule has 3 heterocycles. The number of nitrogens with one attached hydrogen (secondary N) is 1. The van der Waals surface area contributed by atoms with Crippen LogP contribution in [0, 0.1) is 6.92 Å². The molecule has 0 saturated heterocycles. The standard InChI is InChI=1S/C18H16N4S/c1-13-10-20-23-17(13)11-19-15-7-5-14(6-8-15)16-12-22-9-3-2-4-18(22)21-16/h2-10,12,19H,11H2,1H3. The fourth-order valence-corrected chi connectivity index (χ4v) is 3.17. The Hall–Kier alpha value is -2.66. The zero-order chi connectivity index (χ0) is 15.6. The lowest BCUT2D eigenvalue weighted by Gasteiger charge is -2.06. The van der Waals surface area contributed by atoms with Crippen LogP contribution in [0.1, 0.15) is 10.4 Å². The van der Waals surface area contributed by atoms with Gasteiger partial charge < -0.3 is 9.72 Å². The number of aryl methyl sites for hydroxylation is 1. The van der Waals surface area contributed by atoms with Crippen LogP contribution in [-0.2, 0) is 6.54 Å². The van der Waals surface area contributed by atoms with Crippen molar-refractivity contribution in [3.05, 3.63) is 71.5 Å². The first-order valence-corrected chi connectivity index (χ1v) is 8.25. The van der Waals surface area contributed by atoms with Crippen LogP contribution in [0.5, 0.6) is 0 Å². The van der Waals surface area contributed by atoms with Crippen molar-refractivity contribution in [2.75, 3.05) is 5.32 Å². The van der Waals surface area contributed by atoms with Crippen molar-refractivity contribution in [1.29, 1.82) is 0 Å². The highest BCUT2D eigenvalue weighted by atomic mass is 32.1. The monoisotopic (exact) mass is 320 g/mol. The number of pyridine rings is 1. The molecule has 0 unspecified atom stereocenters. The summed E-state index contributed by atoms with van der Waals surface area (Å²) in [6, 6.07) is 14.4. The minimum atomic E-state index is 0.810. The highest BCUT2D eigenvalue weighted by Gasteiger charge is 2.05. The van der Waals surface area contributed by atoms with Crippen LogP contribution in [0.4, 0.5) is 5.69 Å². The van der Waals surface area contributed by atoms with Crippen molar-refractivity contribution < 1.29 is 0 Å². The molecule has 0 radical (unpaired) electrons. The Labute approximate surface area is 138 Å². The average Bonchev–Trinajstić information content (AvgIpc) is 3.19. The van der Waals surface area contributed by atoms with E-state index < -0.39 is 0 Å².